The molecule has 48 heavy (non-hydrogen) atoms. The van der Waals surface area contributed by atoms with Crippen LogP contribution < -0.4 is 9.64 Å². The maximum absolute atomic E-state index is 13.5. The minimum absolute atomic E-state index is 0.00750. The van der Waals surface area contributed by atoms with E-state index in [9.17, 15) is 9.59 Å². The van der Waals surface area contributed by atoms with Gasteiger partial charge >= 0.3 is 12.2 Å². The van der Waals surface area contributed by atoms with Crippen molar-refractivity contribution in [1.29, 1.82) is 0 Å². The highest BCUT2D eigenvalue weighted by Crippen LogP contribution is 2.32. The van der Waals surface area contributed by atoms with Crippen molar-refractivity contribution in [3.63, 3.8) is 0 Å². The lowest BCUT2D eigenvalue weighted by Crippen LogP contribution is -2.32. The van der Waals surface area contributed by atoms with Crippen LogP contribution in [0.5, 0.6) is 5.75 Å². The quantitative estimate of drug-likeness (QED) is 0.112. The second-order valence-electron chi connectivity index (χ2n) is 13.3. The van der Waals surface area contributed by atoms with E-state index < -0.39 is 11.8 Å². The number of carbonyl (C=O) groups excluding carboxylic acids is 2. The number of aryl methyl sites for hydroxylation is 2. The van der Waals surface area contributed by atoms with Gasteiger partial charge in [0, 0.05) is 31.6 Å². The van der Waals surface area contributed by atoms with Crippen molar-refractivity contribution in [2.24, 2.45) is 0 Å². The van der Waals surface area contributed by atoms with Crippen LogP contribution in [-0.4, -0.2) is 50.3 Å². The van der Waals surface area contributed by atoms with Gasteiger partial charge < -0.3 is 18.9 Å². The first-order valence-electron chi connectivity index (χ1n) is 16.7. The predicted molar refractivity (Wildman–Crippen MR) is 188 cm³/mol. The number of nitrogens with zero attached hydrogens (tertiary/aromatic N) is 5. The van der Waals surface area contributed by atoms with E-state index in [-0.39, 0.29) is 6.03 Å². The minimum atomic E-state index is -0.734. The molecule has 1 fully saturated rings. The van der Waals surface area contributed by atoms with Crippen molar-refractivity contribution in [3.05, 3.63) is 108 Å². The summed E-state index contributed by atoms with van der Waals surface area (Å²) in [6, 6.07) is 27.8. The maximum Gasteiger partial charge on any atom is 0.514 e. The lowest BCUT2D eigenvalue weighted by Gasteiger charge is -2.20. The third kappa shape index (κ3) is 7.35. The Morgan fingerprint density at radius 2 is 1.58 bits per heavy atom. The highest BCUT2D eigenvalue weighted by atomic mass is 16.7. The molecule has 1 saturated heterocycles. The van der Waals surface area contributed by atoms with E-state index in [4.69, 9.17) is 19.4 Å². The van der Waals surface area contributed by atoms with Crippen LogP contribution in [0, 0.1) is 6.92 Å². The first-order chi connectivity index (χ1) is 23.1. The molecule has 9 heteroatoms. The number of imidazole rings is 1. The number of hydrogen-bond donors (Lipinski definition) is 0. The highest BCUT2D eigenvalue weighted by molar-refractivity contribution is 5.96. The number of anilines is 1. The number of carbonyl (C=O) groups is 2. The van der Waals surface area contributed by atoms with Crippen LogP contribution in [0.2, 0.25) is 0 Å². The monoisotopic (exact) mass is 645 g/mol. The van der Waals surface area contributed by atoms with Gasteiger partial charge in [0.2, 0.25) is 0 Å². The number of aromatic nitrogens is 3. The summed E-state index contributed by atoms with van der Waals surface area (Å²) < 4.78 is 13.1. The number of amides is 2. The number of pyridine rings is 1. The standard InChI is InChI=1S/C39H43N5O4/c1-6-7-17-35-41-32-24-33(43-23-22-42(37(43)45)25-28-13-9-8-10-14-28)27(2)40-36(32)44(35)26-29-18-20-30(21-19-29)31-15-11-12-16-34(31)47-38(46)48-39(3,4)5/h8-16,18-21,24H,6-7,17,22-23,25-26H2,1-5H3. The molecule has 2 aromatic heterocycles. The van der Waals surface area contributed by atoms with E-state index in [1.807, 2.05) is 83.5 Å². The summed E-state index contributed by atoms with van der Waals surface area (Å²) >= 11 is 0. The van der Waals surface area contributed by atoms with E-state index in [1.165, 1.54) is 0 Å². The molecule has 0 N–H and O–H groups in total. The van der Waals surface area contributed by atoms with Gasteiger partial charge in [-0.25, -0.2) is 19.6 Å². The minimum Gasteiger partial charge on any atom is -0.428 e. The van der Waals surface area contributed by atoms with Crippen LogP contribution in [0.15, 0.2) is 84.9 Å². The summed E-state index contributed by atoms with van der Waals surface area (Å²) in [5.41, 5.74) is 6.51. The van der Waals surface area contributed by atoms with Gasteiger partial charge in [-0.05, 0) is 62.9 Å². The van der Waals surface area contributed by atoms with Gasteiger partial charge in [0.1, 0.15) is 22.7 Å². The summed E-state index contributed by atoms with van der Waals surface area (Å²) in [5.74, 6) is 1.42. The molecule has 0 aliphatic carbocycles. The van der Waals surface area contributed by atoms with Crippen molar-refractivity contribution in [2.45, 2.75) is 72.6 Å². The Bertz CT molecular complexity index is 1910. The summed E-state index contributed by atoms with van der Waals surface area (Å²) in [4.78, 5) is 39.7. The fraction of sp³-hybridized carbons (Fsp3) is 0.333. The van der Waals surface area contributed by atoms with Crippen molar-refractivity contribution in [1.82, 2.24) is 19.4 Å². The van der Waals surface area contributed by atoms with Gasteiger partial charge in [-0.1, -0.05) is 86.1 Å². The van der Waals surface area contributed by atoms with E-state index in [0.29, 0.717) is 31.9 Å². The Balaban J connectivity index is 1.24. The molecule has 5 aromatic rings. The molecule has 9 nitrogen and oxygen atoms in total. The molecule has 0 bridgehead atoms. The number of ether oxygens (including phenoxy) is 2. The molecule has 3 heterocycles. The lowest BCUT2D eigenvalue weighted by molar-refractivity contribution is 0.0207. The summed E-state index contributed by atoms with van der Waals surface area (Å²) in [5, 5.41) is 0. The van der Waals surface area contributed by atoms with Crippen LogP contribution in [-0.2, 0) is 24.2 Å². The average molecular weight is 646 g/mol. The average Bonchev–Trinajstić information content (AvgIpc) is 3.58. The Morgan fingerprint density at radius 3 is 2.31 bits per heavy atom. The second kappa shape index (κ2) is 13.9. The molecule has 0 atom stereocenters. The predicted octanol–water partition coefficient (Wildman–Crippen LogP) is 8.55. The molecule has 1 aliphatic rings. The van der Waals surface area contributed by atoms with Crippen molar-refractivity contribution in [2.75, 3.05) is 18.0 Å². The van der Waals surface area contributed by atoms with Gasteiger partial charge in [0.15, 0.2) is 5.65 Å². The summed E-state index contributed by atoms with van der Waals surface area (Å²) in [7, 11) is 0. The number of para-hydroxylation sites is 1. The van der Waals surface area contributed by atoms with Gasteiger partial charge in [-0.15, -0.1) is 0 Å². The summed E-state index contributed by atoms with van der Waals surface area (Å²) in [6.07, 6.45) is 2.17. The number of rotatable bonds is 10. The molecule has 0 spiro atoms. The number of urea groups is 1. The van der Waals surface area contributed by atoms with Crippen LogP contribution in [0.25, 0.3) is 22.3 Å². The first kappa shape index (κ1) is 32.7. The maximum atomic E-state index is 13.5. The fourth-order valence-corrected chi connectivity index (χ4v) is 6.02. The van der Waals surface area contributed by atoms with Gasteiger partial charge in [0.05, 0.1) is 17.9 Å². The molecule has 2 amide bonds. The topological polar surface area (TPSA) is 89.8 Å². The molecule has 3 aromatic carbocycles. The lowest BCUT2D eigenvalue weighted by atomic mass is 10.0. The second-order valence-corrected chi connectivity index (χ2v) is 13.3. The van der Waals surface area contributed by atoms with Gasteiger partial charge in [-0.3, -0.25) is 4.90 Å². The van der Waals surface area contributed by atoms with Gasteiger partial charge in [0.25, 0.3) is 0 Å². The van der Waals surface area contributed by atoms with E-state index >= 15 is 0 Å². The van der Waals surface area contributed by atoms with Crippen LogP contribution >= 0.6 is 0 Å². The van der Waals surface area contributed by atoms with Crippen molar-refractivity contribution in [3.8, 4) is 16.9 Å². The summed E-state index contributed by atoms with van der Waals surface area (Å²) in [6.45, 7) is 12.0. The first-order valence-corrected chi connectivity index (χ1v) is 16.7. The zero-order valence-corrected chi connectivity index (χ0v) is 28.4. The van der Waals surface area contributed by atoms with Crippen LogP contribution in [0.3, 0.4) is 0 Å². The fourth-order valence-electron chi connectivity index (χ4n) is 6.02. The van der Waals surface area contributed by atoms with Gasteiger partial charge in [-0.2, -0.15) is 0 Å². The largest absolute Gasteiger partial charge is 0.514 e. The van der Waals surface area contributed by atoms with Crippen molar-refractivity contribution >= 4 is 29.0 Å². The molecule has 0 unspecified atom stereocenters. The Hall–Kier alpha value is -5.18. The Kier molecular flexibility index (Phi) is 9.48. The van der Waals surface area contributed by atoms with E-state index in [0.717, 1.165) is 69.9 Å². The number of fused-ring (bicyclic) bond motifs is 1. The highest BCUT2D eigenvalue weighted by Gasteiger charge is 2.31. The number of benzene rings is 3. The SMILES string of the molecule is CCCCc1nc2cc(N3CCN(Cc4ccccc4)C3=O)c(C)nc2n1Cc1ccc(-c2ccccc2OC(=O)OC(C)(C)C)cc1. The normalized spacial score (nSPS) is 13.4. The zero-order valence-electron chi connectivity index (χ0n) is 28.4. The van der Waals surface area contributed by atoms with Crippen molar-refractivity contribution < 1.29 is 19.1 Å². The molecule has 248 valence electrons. The Labute approximate surface area is 282 Å². The van der Waals surface area contributed by atoms with E-state index in [1.54, 1.807) is 26.8 Å². The smallest absolute Gasteiger partial charge is 0.428 e. The van der Waals surface area contributed by atoms with Crippen LogP contribution in [0.1, 0.15) is 63.2 Å². The zero-order chi connectivity index (χ0) is 33.8. The third-order valence-electron chi connectivity index (χ3n) is 8.40. The molecule has 6 rings (SSSR count). The third-order valence-corrected chi connectivity index (χ3v) is 8.40. The van der Waals surface area contributed by atoms with Crippen LogP contribution in [0.4, 0.5) is 15.3 Å². The molecular formula is C39H43N5O4. The van der Waals surface area contributed by atoms with E-state index in [2.05, 4.69) is 23.6 Å². The molecular weight excluding hydrogens is 602 g/mol. The molecule has 1 aliphatic heterocycles. The number of hydrogen-bond acceptors (Lipinski definition) is 6. The molecule has 0 radical (unpaired) electrons. The Morgan fingerprint density at radius 1 is 0.875 bits per heavy atom. The number of unbranched alkanes of at least 4 members (excludes halogenated alkanes) is 1. The molecule has 0 saturated carbocycles.